The number of nitrogens with one attached hydrogen (secondary N) is 1. The van der Waals surface area contributed by atoms with Gasteiger partial charge in [0.2, 0.25) is 11.8 Å². The van der Waals surface area contributed by atoms with Gasteiger partial charge in [-0.2, -0.15) is 0 Å². The largest absolute Gasteiger partial charge is 0.497 e. The summed E-state index contributed by atoms with van der Waals surface area (Å²) in [4.78, 5) is 28.7. The van der Waals surface area contributed by atoms with Crippen LogP contribution >= 0.6 is 23.2 Å². The van der Waals surface area contributed by atoms with Gasteiger partial charge in [0.15, 0.2) is 11.5 Å². The van der Waals surface area contributed by atoms with Crippen molar-refractivity contribution in [2.24, 2.45) is 0 Å². The summed E-state index contributed by atoms with van der Waals surface area (Å²) in [6.07, 6.45) is 0.662. The van der Waals surface area contributed by atoms with E-state index in [0.29, 0.717) is 23.5 Å². The minimum atomic E-state index is -4.49. The van der Waals surface area contributed by atoms with E-state index in [1.807, 2.05) is 13.8 Å². The standard InChI is InChI=1S/C32H39Cl2N3O8S/c1-8-20(2)35-32(39)21(3)36(18-24-25(33)10-9-11-26(24)34)31(38)19-37(27-16-22(42-4)12-14-28(27)43-5)46(40,41)23-13-15-29(44-6)30(17-23)45-7/h9-17,20-21H,8,18-19H2,1-7H3,(H,35,39)/t20-,21-/m0/s1. The van der Waals surface area contributed by atoms with Crippen molar-refractivity contribution in [1.82, 2.24) is 10.2 Å². The first-order chi connectivity index (χ1) is 21.8. The fourth-order valence-electron chi connectivity index (χ4n) is 4.51. The van der Waals surface area contributed by atoms with Crippen molar-refractivity contribution >= 4 is 50.7 Å². The number of benzene rings is 3. The van der Waals surface area contributed by atoms with Gasteiger partial charge in [0.1, 0.15) is 24.1 Å². The van der Waals surface area contributed by atoms with E-state index in [9.17, 15) is 18.0 Å². The molecule has 0 unspecified atom stereocenters. The number of carbonyl (C=O) groups is 2. The third-order valence-electron chi connectivity index (χ3n) is 7.44. The van der Waals surface area contributed by atoms with Gasteiger partial charge in [-0.1, -0.05) is 36.2 Å². The van der Waals surface area contributed by atoms with Crippen LogP contribution < -0.4 is 28.6 Å². The number of hydrogen-bond donors (Lipinski definition) is 1. The van der Waals surface area contributed by atoms with Gasteiger partial charge in [-0.25, -0.2) is 8.42 Å². The van der Waals surface area contributed by atoms with E-state index in [1.165, 1.54) is 63.7 Å². The summed E-state index contributed by atoms with van der Waals surface area (Å²) >= 11 is 12.9. The van der Waals surface area contributed by atoms with Crippen molar-refractivity contribution in [2.45, 2.75) is 50.7 Å². The van der Waals surface area contributed by atoms with Crippen molar-refractivity contribution in [3.8, 4) is 23.0 Å². The Balaban J connectivity index is 2.20. The van der Waals surface area contributed by atoms with Gasteiger partial charge in [0.25, 0.3) is 10.0 Å². The van der Waals surface area contributed by atoms with Gasteiger partial charge in [-0.3, -0.25) is 13.9 Å². The smallest absolute Gasteiger partial charge is 0.265 e. The molecule has 46 heavy (non-hydrogen) atoms. The zero-order valence-electron chi connectivity index (χ0n) is 26.8. The second-order valence-corrected chi connectivity index (χ2v) is 13.0. The average Bonchev–Trinajstić information content (AvgIpc) is 3.05. The van der Waals surface area contributed by atoms with E-state index in [-0.39, 0.29) is 44.7 Å². The second kappa shape index (κ2) is 16.1. The molecule has 0 bridgehead atoms. The van der Waals surface area contributed by atoms with E-state index in [0.717, 1.165) is 4.31 Å². The molecule has 0 aliphatic rings. The Morgan fingerprint density at radius 3 is 2.02 bits per heavy atom. The van der Waals surface area contributed by atoms with Gasteiger partial charge >= 0.3 is 0 Å². The summed E-state index contributed by atoms with van der Waals surface area (Å²) in [5.74, 6) is -0.196. The molecule has 0 spiro atoms. The van der Waals surface area contributed by atoms with Crippen LogP contribution in [0.5, 0.6) is 23.0 Å². The van der Waals surface area contributed by atoms with E-state index in [4.69, 9.17) is 42.1 Å². The Bertz CT molecular complexity index is 1630. The summed E-state index contributed by atoms with van der Waals surface area (Å²) in [6.45, 7) is 4.41. The molecule has 0 aliphatic carbocycles. The van der Waals surface area contributed by atoms with Crippen molar-refractivity contribution in [3.63, 3.8) is 0 Å². The topological polar surface area (TPSA) is 124 Å². The molecule has 0 heterocycles. The molecule has 0 aliphatic heterocycles. The lowest BCUT2D eigenvalue weighted by molar-refractivity contribution is -0.139. The second-order valence-electron chi connectivity index (χ2n) is 10.3. The van der Waals surface area contributed by atoms with Crippen LogP contribution in [-0.2, 0) is 26.2 Å². The highest BCUT2D eigenvalue weighted by atomic mass is 35.5. The maximum absolute atomic E-state index is 14.4. The molecule has 0 saturated carbocycles. The average molecular weight is 697 g/mol. The Morgan fingerprint density at radius 2 is 1.46 bits per heavy atom. The predicted octanol–water partition coefficient (Wildman–Crippen LogP) is 5.56. The molecule has 14 heteroatoms. The Labute approximate surface area is 280 Å². The highest BCUT2D eigenvalue weighted by Crippen LogP contribution is 2.38. The number of halogens is 2. The highest BCUT2D eigenvalue weighted by molar-refractivity contribution is 7.92. The van der Waals surface area contributed by atoms with Gasteiger partial charge in [0, 0.05) is 40.3 Å². The number of rotatable bonds is 15. The fourth-order valence-corrected chi connectivity index (χ4v) is 6.46. The molecule has 3 aromatic rings. The molecule has 11 nitrogen and oxygen atoms in total. The summed E-state index contributed by atoms with van der Waals surface area (Å²) in [5, 5.41) is 3.45. The molecule has 0 fully saturated rings. The summed E-state index contributed by atoms with van der Waals surface area (Å²) in [6, 6.07) is 12.3. The number of amides is 2. The molecule has 0 radical (unpaired) electrons. The monoisotopic (exact) mass is 695 g/mol. The van der Waals surface area contributed by atoms with Crippen LogP contribution in [0.4, 0.5) is 5.69 Å². The normalized spacial score (nSPS) is 12.5. The van der Waals surface area contributed by atoms with Crippen LogP contribution in [0.25, 0.3) is 0 Å². The molecule has 0 aromatic heterocycles. The maximum atomic E-state index is 14.4. The Kier molecular flexibility index (Phi) is 12.8. The van der Waals surface area contributed by atoms with Crippen LogP contribution in [0.3, 0.4) is 0 Å². The van der Waals surface area contributed by atoms with E-state index in [2.05, 4.69) is 5.32 Å². The van der Waals surface area contributed by atoms with Crippen molar-refractivity contribution < 1.29 is 37.0 Å². The van der Waals surface area contributed by atoms with Crippen molar-refractivity contribution in [2.75, 3.05) is 39.3 Å². The molecular weight excluding hydrogens is 657 g/mol. The molecule has 1 N–H and O–H groups in total. The number of sulfonamides is 1. The summed E-state index contributed by atoms with van der Waals surface area (Å²) in [7, 11) is 1.12. The lowest BCUT2D eigenvalue weighted by Gasteiger charge is -2.33. The first-order valence-electron chi connectivity index (χ1n) is 14.3. The van der Waals surface area contributed by atoms with Gasteiger partial charge in [0.05, 0.1) is 39.0 Å². The number of hydrogen-bond acceptors (Lipinski definition) is 8. The molecular formula is C32H39Cl2N3O8S. The summed E-state index contributed by atoms with van der Waals surface area (Å²) < 4.78 is 51.3. The SMILES string of the molecule is CC[C@H](C)NC(=O)[C@H](C)N(Cc1c(Cl)cccc1Cl)C(=O)CN(c1cc(OC)ccc1OC)S(=O)(=O)c1ccc(OC)c(OC)c1. The lowest BCUT2D eigenvalue weighted by atomic mass is 10.1. The molecule has 2 amide bonds. The minimum absolute atomic E-state index is 0.0254. The van der Waals surface area contributed by atoms with Crippen LogP contribution in [0.15, 0.2) is 59.5 Å². The van der Waals surface area contributed by atoms with E-state index < -0.39 is 34.4 Å². The van der Waals surface area contributed by atoms with E-state index >= 15 is 0 Å². The first kappa shape index (κ1) is 36.6. The fraction of sp³-hybridized carbons (Fsp3) is 0.375. The molecule has 250 valence electrons. The van der Waals surface area contributed by atoms with Crippen LogP contribution in [-0.4, -0.2) is 72.2 Å². The minimum Gasteiger partial charge on any atom is -0.497 e. The highest BCUT2D eigenvalue weighted by Gasteiger charge is 2.35. The van der Waals surface area contributed by atoms with Crippen LogP contribution in [0, 0.1) is 0 Å². The molecule has 3 rings (SSSR count). The molecule has 3 aromatic carbocycles. The quantitative estimate of drug-likeness (QED) is 0.219. The van der Waals surface area contributed by atoms with Crippen LogP contribution in [0.2, 0.25) is 10.0 Å². The van der Waals surface area contributed by atoms with E-state index in [1.54, 1.807) is 31.2 Å². The Hall–Kier alpha value is -3.87. The van der Waals surface area contributed by atoms with Crippen LogP contribution in [0.1, 0.15) is 32.8 Å². The third-order valence-corrected chi connectivity index (χ3v) is 9.90. The summed E-state index contributed by atoms with van der Waals surface area (Å²) in [5.41, 5.74) is 0.424. The number of ether oxygens (including phenoxy) is 4. The molecule has 2 atom stereocenters. The number of anilines is 1. The van der Waals surface area contributed by atoms with Crippen molar-refractivity contribution in [1.29, 1.82) is 0 Å². The first-order valence-corrected chi connectivity index (χ1v) is 16.5. The van der Waals surface area contributed by atoms with Crippen molar-refractivity contribution in [3.05, 3.63) is 70.2 Å². The zero-order chi connectivity index (χ0) is 34.2. The van der Waals surface area contributed by atoms with Gasteiger partial charge in [-0.05, 0) is 56.7 Å². The van der Waals surface area contributed by atoms with Gasteiger partial charge < -0.3 is 29.2 Å². The lowest BCUT2D eigenvalue weighted by Crippen LogP contribution is -2.52. The molecule has 0 saturated heterocycles. The predicted molar refractivity (Wildman–Crippen MR) is 178 cm³/mol. The number of carbonyl (C=O) groups excluding carboxylic acids is 2. The third kappa shape index (κ3) is 8.28. The zero-order valence-corrected chi connectivity index (χ0v) is 29.1. The van der Waals surface area contributed by atoms with Gasteiger partial charge in [-0.15, -0.1) is 0 Å². The number of nitrogens with zero attached hydrogens (tertiary/aromatic N) is 2. The Morgan fingerprint density at radius 1 is 0.848 bits per heavy atom. The number of methoxy groups -OCH3 is 4. The maximum Gasteiger partial charge on any atom is 0.265 e.